The summed E-state index contributed by atoms with van der Waals surface area (Å²) in [4.78, 5) is 14.3. The molecule has 0 saturated heterocycles. The maximum atomic E-state index is 10.2. The van der Waals surface area contributed by atoms with Gasteiger partial charge in [-0.1, -0.05) is 0 Å². The van der Waals surface area contributed by atoms with Crippen LogP contribution in [0.5, 0.6) is 5.75 Å². The Morgan fingerprint density at radius 1 is 1.54 bits per heavy atom. The Balaban J connectivity index is 2.68. The van der Waals surface area contributed by atoms with Crippen LogP contribution in [0.3, 0.4) is 0 Å². The zero-order valence-electron chi connectivity index (χ0n) is 7.32. The Morgan fingerprint density at radius 2 is 2.23 bits per heavy atom. The predicted molar refractivity (Wildman–Crippen MR) is 46.6 cm³/mol. The first-order valence-corrected chi connectivity index (χ1v) is 3.97. The molecule has 1 aromatic rings. The van der Waals surface area contributed by atoms with Crippen LogP contribution in [0.15, 0.2) is 12.1 Å². The Kier molecular flexibility index (Phi) is 2.84. The summed E-state index contributed by atoms with van der Waals surface area (Å²) in [5, 5.41) is 17.6. The topological polar surface area (TPSA) is 70.4 Å². The second-order valence-electron chi connectivity index (χ2n) is 2.80. The zero-order valence-corrected chi connectivity index (χ0v) is 7.32. The first kappa shape index (κ1) is 9.51. The van der Waals surface area contributed by atoms with Gasteiger partial charge in [0.1, 0.15) is 5.75 Å². The molecule has 0 unspecified atom stereocenters. The van der Waals surface area contributed by atoms with Gasteiger partial charge in [0.15, 0.2) is 0 Å². The predicted octanol–water partition coefficient (Wildman–Crippen LogP) is 1.11. The van der Waals surface area contributed by atoms with Gasteiger partial charge in [-0.05, 0) is 19.1 Å². The molecular formula is C9H11NO3. The van der Waals surface area contributed by atoms with Gasteiger partial charge in [-0.15, -0.1) is 0 Å². The normalized spacial score (nSPS) is 9.92. The Hall–Kier alpha value is -1.58. The van der Waals surface area contributed by atoms with Crippen molar-refractivity contribution in [2.45, 2.75) is 19.8 Å². The van der Waals surface area contributed by atoms with E-state index < -0.39 is 5.97 Å². The van der Waals surface area contributed by atoms with E-state index >= 15 is 0 Å². The van der Waals surface area contributed by atoms with Crippen LogP contribution < -0.4 is 0 Å². The zero-order chi connectivity index (χ0) is 9.84. The maximum absolute atomic E-state index is 10.2. The number of carbonyl (C=O) groups is 1. The molecule has 1 heterocycles. The third-order valence-electron chi connectivity index (χ3n) is 1.71. The summed E-state index contributed by atoms with van der Waals surface area (Å²) in [7, 11) is 0. The minimum atomic E-state index is -0.840. The molecule has 0 aliphatic rings. The fraction of sp³-hybridized carbons (Fsp3) is 0.333. The van der Waals surface area contributed by atoms with Crippen molar-refractivity contribution in [2.75, 3.05) is 0 Å². The summed E-state index contributed by atoms with van der Waals surface area (Å²) in [5.41, 5.74) is 1.22. The smallest absolute Gasteiger partial charge is 0.303 e. The van der Waals surface area contributed by atoms with E-state index in [0.717, 1.165) is 0 Å². The van der Waals surface area contributed by atoms with Crippen LogP contribution in [0, 0.1) is 6.92 Å². The molecule has 0 bridgehead atoms. The van der Waals surface area contributed by atoms with Gasteiger partial charge < -0.3 is 10.2 Å². The molecule has 0 aromatic carbocycles. The molecule has 0 aliphatic heterocycles. The van der Waals surface area contributed by atoms with E-state index in [0.29, 0.717) is 17.8 Å². The first-order valence-electron chi connectivity index (χ1n) is 3.97. The third kappa shape index (κ3) is 2.74. The highest BCUT2D eigenvalue weighted by Crippen LogP contribution is 2.13. The number of aromatic nitrogens is 1. The highest BCUT2D eigenvalue weighted by Gasteiger charge is 2.02. The van der Waals surface area contributed by atoms with Gasteiger partial charge in [0.25, 0.3) is 0 Å². The molecular weight excluding hydrogens is 170 g/mol. The summed E-state index contributed by atoms with van der Waals surface area (Å²) in [6.45, 7) is 1.68. The number of carboxylic acids is 1. The van der Waals surface area contributed by atoms with Crippen LogP contribution in [0.4, 0.5) is 0 Å². The molecule has 0 atom stereocenters. The van der Waals surface area contributed by atoms with Crippen molar-refractivity contribution in [3.05, 3.63) is 23.5 Å². The molecule has 0 amide bonds. The van der Waals surface area contributed by atoms with E-state index in [1.54, 1.807) is 13.0 Å². The van der Waals surface area contributed by atoms with E-state index in [4.69, 9.17) is 10.2 Å². The number of hydrogen-bond donors (Lipinski definition) is 2. The minimum absolute atomic E-state index is 0.0667. The molecule has 2 N–H and O–H groups in total. The summed E-state index contributed by atoms with van der Waals surface area (Å²) in [6, 6.07) is 3.16. The van der Waals surface area contributed by atoms with Crippen molar-refractivity contribution in [1.29, 1.82) is 0 Å². The number of aryl methyl sites for hydroxylation is 2. The van der Waals surface area contributed by atoms with Gasteiger partial charge in [-0.3, -0.25) is 9.78 Å². The molecule has 1 rings (SSSR count). The van der Waals surface area contributed by atoms with Crippen LogP contribution in [-0.4, -0.2) is 21.2 Å². The highest BCUT2D eigenvalue weighted by atomic mass is 16.4. The van der Waals surface area contributed by atoms with Gasteiger partial charge in [-0.25, -0.2) is 0 Å². The van der Waals surface area contributed by atoms with E-state index in [1.807, 2.05) is 0 Å². The molecule has 4 nitrogen and oxygen atoms in total. The summed E-state index contributed by atoms with van der Waals surface area (Å²) >= 11 is 0. The van der Waals surface area contributed by atoms with Crippen molar-refractivity contribution < 1.29 is 15.0 Å². The second-order valence-corrected chi connectivity index (χ2v) is 2.80. The largest absolute Gasteiger partial charge is 0.506 e. The van der Waals surface area contributed by atoms with Crippen LogP contribution in [0.2, 0.25) is 0 Å². The van der Waals surface area contributed by atoms with Gasteiger partial charge in [0, 0.05) is 12.1 Å². The van der Waals surface area contributed by atoms with Gasteiger partial charge >= 0.3 is 5.97 Å². The standard InChI is InChI=1S/C9H11NO3/c1-6-8(11)4-2-7(10-6)3-5-9(12)13/h2,4,11H,3,5H2,1H3,(H,12,13). The van der Waals surface area contributed by atoms with Gasteiger partial charge in [-0.2, -0.15) is 0 Å². The van der Waals surface area contributed by atoms with Crippen molar-refractivity contribution >= 4 is 5.97 Å². The first-order chi connectivity index (χ1) is 6.09. The number of rotatable bonds is 3. The van der Waals surface area contributed by atoms with Crippen molar-refractivity contribution in [3.8, 4) is 5.75 Å². The van der Waals surface area contributed by atoms with Crippen molar-refractivity contribution in [3.63, 3.8) is 0 Å². The molecule has 13 heavy (non-hydrogen) atoms. The number of nitrogens with zero attached hydrogens (tertiary/aromatic N) is 1. The fourth-order valence-corrected chi connectivity index (χ4v) is 0.980. The van der Waals surface area contributed by atoms with E-state index in [9.17, 15) is 4.79 Å². The lowest BCUT2D eigenvalue weighted by Crippen LogP contribution is -1.99. The van der Waals surface area contributed by atoms with Crippen molar-refractivity contribution in [2.24, 2.45) is 0 Å². The Labute approximate surface area is 75.9 Å². The molecule has 70 valence electrons. The van der Waals surface area contributed by atoms with E-state index in [1.165, 1.54) is 6.07 Å². The van der Waals surface area contributed by atoms with Gasteiger partial charge in [0.05, 0.1) is 12.1 Å². The third-order valence-corrected chi connectivity index (χ3v) is 1.71. The molecule has 4 heteroatoms. The Morgan fingerprint density at radius 3 is 2.77 bits per heavy atom. The summed E-state index contributed by atoms with van der Waals surface area (Å²) in [6.07, 6.45) is 0.466. The molecule has 0 saturated carbocycles. The highest BCUT2D eigenvalue weighted by molar-refractivity contribution is 5.66. The Bertz CT molecular complexity index is 323. The van der Waals surface area contributed by atoms with Crippen LogP contribution in [0.25, 0.3) is 0 Å². The number of carboxylic acid groups (broad SMARTS) is 1. The van der Waals surface area contributed by atoms with E-state index in [2.05, 4.69) is 4.98 Å². The second kappa shape index (κ2) is 3.89. The van der Waals surface area contributed by atoms with Crippen LogP contribution in [-0.2, 0) is 11.2 Å². The average molecular weight is 181 g/mol. The van der Waals surface area contributed by atoms with Gasteiger partial charge in [0.2, 0.25) is 0 Å². The summed E-state index contributed by atoms with van der Waals surface area (Å²) < 4.78 is 0. The molecule has 0 fully saturated rings. The van der Waals surface area contributed by atoms with E-state index in [-0.39, 0.29) is 12.2 Å². The lowest BCUT2D eigenvalue weighted by Gasteiger charge is -2.01. The number of pyridine rings is 1. The molecule has 0 aliphatic carbocycles. The number of hydrogen-bond acceptors (Lipinski definition) is 3. The quantitative estimate of drug-likeness (QED) is 0.732. The SMILES string of the molecule is Cc1nc(CCC(=O)O)ccc1O. The molecule has 1 aromatic heterocycles. The van der Waals surface area contributed by atoms with Crippen molar-refractivity contribution in [1.82, 2.24) is 4.98 Å². The van der Waals surface area contributed by atoms with Crippen LogP contribution in [0.1, 0.15) is 17.8 Å². The molecule has 0 spiro atoms. The lowest BCUT2D eigenvalue weighted by atomic mass is 10.2. The fourth-order valence-electron chi connectivity index (χ4n) is 0.980. The molecule has 0 radical (unpaired) electrons. The minimum Gasteiger partial charge on any atom is -0.506 e. The maximum Gasteiger partial charge on any atom is 0.303 e. The summed E-state index contributed by atoms with van der Waals surface area (Å²) in [5.74, 6) is -0.702. The number of aromatic hydroxyl groups is 1. The number of aliphatic carboxylic acids is 1. The average Bonchev–Trinajstić information content (AvgIpc) is 2.07. The lowest BCUT2D eigenvalue weighted by molar-refractivity contribution is -0.136. The van der Waals surface area contributed by atoms with Crippen LogP contribution >= 0.6 is 0 Å². The monoisotopic (exact) mass is 181 g/mol.